The van der Waals surface area contributed by atoms with Crippen LogP contribution in [0.5, 0.6) is 0 Å². The maximum absolute atomic E-state index is 13.2. The van der Waals surface area contributed by atoms with Crippen LogP contribution in [0.2, 0.25) is 5.02 Å². The molecule has 5 nitrogen and oxygen atoms in total. The first-order chi connectivity index (χ1) is 11.5. The summed E-state index contributed by atoms with van der Waals surface area (Å²) in [6, 6.07) is 12.5. The third kappa shape index (κ3) is 3.60. The van der Waals surface area contributed by atoms with Gasteiger partial charge in [0.1, 0.15) is 5.82 Å². The van der Waals surface area contributed by atoms with Crippen molar-refractivity contribution in [2.75, 3.05) is 7.05 Å². The highest BCUT2D eigenvalue weighted by molar-refractivity contribution is 6.30. The van der Waals surface area contributed by atoms with E-state index >= 15 is 0 Å². The van der Waals surface area contributed by atoms with E-state index in [2.05, 4.69) is 10.1 Å². The molecule has 1 amide bonds. The minimum Gasteiger partial charge on any atom is -0.337 e. The molecular formula is C17H13ClFN3O2. The van der Waals surface area contributed by atoms with Gasteiger partial charge in [0.25, 0.3) is 5.91 Å². The number of nitrogens with zero attached hydrogens (tertiary/aromatic N) is 3. The Morgan fingerprint density at radius 3 is 2.71 bits per heavy atom. The Hall–Kier alpha value is -2.73. The second-order valence-corrected chi connectivity index (χ2v) is 5.63. The molecule has 0 atom stereocenters. The van der Waals surface area contributed by atoms with Crippen molar-refractivity contribution in [3.63, 3.8) is 0 Å². The Kier molecular flexibility index (Phi) is 4.57. The van der Waals surface area contributed by atoms with Crippen LogP contribution in [0.4, 0.5) is 4.39 Å². The summed E-state index contributed by atoms with van der Waals surface area (Å²) in [6.07, 6.45) is 0. The lowest BCUT2D eigenvalue weighted by Crippen LogP contribution is -2.26. The molecule has 0 unspecified atom stereocenters. The molecule has 3 aromatic rings. The lowest BCUT2D eigenvalue weighted by atomic mass is 10.2. The van der Waals surface area contributed by atoms with Crippen LogP contribution < -0.4 is 0 Å². The van der Waals surface area contributed by atoms with E-state index in [9.17, 15) is 9.18 Å². The van der Waals surface area contributed by atoms with Crippen LogP contribution in [0.15, 0.2) is 53.1 Å². The van der Waals surface area contributed by atoms with E-state index < -0.39 is 5.82 Å². The molecule has 1 heterocycles. The fourth-order valence-corrected chi connectivity index (χ4v) is 2.28. The smallest absolute Gasteiger partial charge is 0.254 e. The zero-order valence-corrected chi connectivity index (χ0v) is 13.5. The summed E-state index contributed by atoms with van der Waals surface area (Å²) in [5, 5.41) is 4.50. The van der Waals surface area contributed by atoms with Crippen LogP contribution in [0.3, 0.4) is 0 Å². The fourth-order valence-electron chi connectivity index (χ4n) is 2.15. The maximum Gasteiger partial charge on any atom is 0.254 e. The van der Waals surface area contributed by atoms with Gasteiger partial charge in [-0.05, 0) is 42.5 Å². The maximum atomic E-state index is 13.2. The van der Waals surface area contributed by atoms with Crippen LogP contribution in [-0.2, 0) is 6.54 Å². The van der Waals surface area contributed by atoms with Gasteiger partial charge in [0, 0.05) is 23.2 Å². The molecule has 0 aliphatic rings. The Morgan fingerprint density at radius 1 is 1.25 bits per heavy atom. The minimum atomic E-state index is -0.461. The number of aromatic nitrogens is 2. The summed E-state index contributed by atoms with van der Waals surface area (Å²) in [5.74, 6) is -0.0988. The second kappa shape index (κ2) is 6.80. The van der Waals surface area contributed by atoms with Gasteiger partial charge in [0.05, 0.1) is 6.54 Å². The number of amides is 1. The molecule has 0 aliphatic carbocycles. The van der Waals surface area contributed by atoms with Gasteiger partial charge in [0.15, 0.2) is 0 Å². The molecule has 0 saturated heterocycles. The van der Waals surface area contributed by atoms with Crippen LogP contribution in [0.25, 0.3) is 11.4 Å². The number of rotatable bonds is 4. The lowest BCUT2D eigenvalue weighted by Gasteiger charge is -2.14. The molecule has 1 aromatic heterocycles. The minimum absolute atomic E-state index is 0.121. The van der Waals surface area contributed by atoms with Crippen molar-refractivity contribution in [1.29, 1.82) is 0 Å². The standard InChI is InChI=1S/C17H13ClFN3O2/c1-22(17(23)12-3-2-4-14(19)9-12)10-15-20-16(21-24-15)11-5-7-13(18)8-6-11/h2-9H,10H2,1H3. The quantitative estimate of drug-likeness (QED) is 0.721. The highest BCUT2D eigenvalue weighted by Crippen LogP contribution is 2.19. The van der Waals surface area contributed by atoms with Gasteiger partial charge < -0.3 is 9.42 Å². The molecule has 2 aromatic carbocycles. The Morgan fingerprint density at radius 2 is 2.00 bits per heavy atom. The Labute approximate surface area is 142 Å². The number of hydrogen-bond acceptors (Lipinski definition) is 4. The van der Waals surface area contributed by atoms with Crippen molar-refractivity contribution < 1.29 is 13.7 Å². The van der Waals surface area contributed by atoms with E-state index in [0.717, 1.165) is 5.56 Å². The number of carbonyl (C=O) groups is 1. The molecule has 0 aliphatic heterocycles. The summed E-state index contributed by atoms with van der Waals surface area (Å²) >= 11 is 5.84. The van der Waals surface area contributed by atoms with E-state index in [1.807, 2.05) is 0 Å². The third-order valence-corrected chi connectivity index (χ3v) is 3.61. The van der Waals surface area contributed by atoms with Gasteiger partial charge >= 0.3 is 0 Å². The van der Waals surface area contributed by atoms with Crippen molar-refractivity contribution >= 4 is 17.5 Å². The molecule has 0 fully saturated rings. The van der Waals surface area contributed by atoms with Gasteiger partial charge in [0.2, 0.25) is 11.7 Å². The topological polar surface area (TPSA) is 59.2 Å². The summed E-state index contributed by atoms with van der Waals surface area (Å²) in [7, 11) is 1.58. The van der Waals surface area contributed by atoms with Crippen molar-refractivity contribution in [1.82, 2.24) is 15.0 Å². The van der Waals surface area contributed by atoms with Gasteiger partial charge in [-0.25, -0.2) is 4.39 Å². The first-order valence-corrected chi connectivity index (χ1v) is 7.50. The van der Waals surface area contributed by atoms with Crippen LogP contribution in [0.1, 0.15) is 16.2 Å². The molecule has 7 heteroatoms. The summed E-state index contributed by atoms with van der Waals surface area (Å²) in [4.78, 5) is 17.9. The molecule has 0 saturated carbocycles. The van der Waals surface area contributed by atoms with Gasteiger partial charge in [-0.1, -0.05) is 22.8 Å². The molecule has 3 rings (SSSR count). The third-order valence-electron chi connectivity index (χ3n) is 3.36. The van der Waals surface area contributed by atoms with Gasteiger partial charge in [-0.2, -0.15) is 4.98 Å². The molecule has 0 spiro atoms. The normalized spacial score (nSPS) is 10.6. The average Bonchev–Trinajstić information content (AvgIpc) is 3.03. The average molecular weight is 346 g/mol. The van der Waals surface area contributed by atoms with Crippen molar-refractivity contribution in [2.45, 2.75) is 6.54 Å². The first-order valence-electron chi connectivity index (χ1n) is 7.12. The largest absolute Gasteiger partial charge is 0.337 e. The van der Waals surface area contributed by atoms with Gasteiger partial charge in [-0.15, -0.1) is 0 Å². The molecule has 0 radical (unpaired) electrons. The number of benzene rings is 2. The monoisotopic (exact) mass is 345 g/mol. The van der Waals surface area contributed by atoms with E-state index in [4.69, 9.17) is 16.1 Å². The van der Waals surface area contributed by atoms with Crippen molar-refractivity contribution in [2.24, 2.45) is 0 Å². The molecule has 122 valence electrons. The zero-order chi connectivity index (χ0) is 17.1. The Balaban J connectivity index is 1.72. The molecule has 0 N–H and O–H groups in total. The predicted octanol–water partition coefficient (Wildman–Crippen LogP) is 3.80. The predicted molar refractivity (Wildman–Crippen MR) is 86.9 cm³/mol. The molecule has 24 heavy (non-hydrogen) atoms. The van der Waals surface area contributed by atoms with Crippen LogP contribution >= 0.6 is 11.6 Å². The number of halogens is 2. The lowest BCUT2D eigenvalue weighted by molar-refractivity contribution is 0.0769. The summed E-state index contributed by atoms with van der Waals surface area (Å²) < 4.78 is 18.4. The second-order valence-electron chi connectivity index (χ2n) is 5.19. The highest BCUT2D eigenvalue weighted by atomic mass is 35.5. The van der Waals surface area contributed by atoms with Crippen molar-refractivity contribution in [3.05, 3.63) is 70.8 Å². The molecular weight excluding hydrogens is 333 g/mol. The fraction of sp³-hybridized carbons (Fsp3) is 0.118. The number of hydrogen-bond donors (Lipinski definition) is 0. The first kappa shape index (κ1) is 16.1. The van der Waals surface area contributed by atoms with Crippen LogP contribution in [-0.4, -0.2) is 28.0 Å². The SMILES string of the molecule is CN(Cc1nc(-c2ccc(Cl)cc2)no1)C(=O)c1cccc(F)c1. The van der Waals surface area contributed by atoms with Crippen LogP contribution in [0, 0.1) is 5.82 Å². The van der Waals surface area contributed by atoms with Gasteiger partial charge in [-0.3, -0.25) is 4.79 Å². The highest BCUT2D eigenvalue weighted by Gasteiger charge is 2.16. The van der Waals surface area contributed by atoms with E-state index in [0.29, 0.717) is 10.8 Å². The Bertz CT molecular complexity index is 864. The molecule has 0 bridgehead atoms. The van der Waals surface area contributed by atoms with E-state index in [1.54, 1.807) is 37.4 Å². The van der Waals surface area contributed by atoms with E-state index in [-0.39, 0.29) is 23.9 Å². The van der Waals surface area contributed by atoms with Crippen molar-refractivity contribution in [3.8, 4) is 11.4 Å². The number of carbonyl (C=O) groups excluding carboxylic acids is 1. The zero-order valence-electron chi connectivity index (χ0n) is 12.7. The summed E-state index contributed by atoms with van der Waals surface area (Å²) in [6.45, 7) is 0.121. The summed E-state index contributed by atoms with van der Waals surface area (Å²) in [5.41, 5.74) is 1.02. The van der Waals surface area contributed by atoms with E-state index in [1.165, 1.54) is 23.1 Å².